The van der Waals surface area contributed by atoms with Crippen molar-refractivity contribution in [2.75, 3.05) is 11.1 Å². The third-order valence-electron chi connectivity index (χ3n) is 10.7. The molecule has 0 unspecified atom stereocenters. The molecule has 0 aliphatic rings. The van der Waals surface area contributed by atoms with Gasteiger partial charge in [-0.25, -0.2) is 19.9 Å². The van der Waals surface area contributed by atoms with Crippen LogP contribution in [0, 0.1) is 0 Å². The SMILES string of the molecule is Nc1cc(-c2ccccc2)cc(-c2nc(-c3ccccc3)cc(-c3cccc(Nc4cc(-c5ccccc5)cc(-c5cc(-c6ccccc6)nc(-c6ccccc6)n5)c4)c3)n2)c1. The Bertz CT molecular complexity index is 3080. The fourth-order valence-electron chi connectivity index (χ4n) is 7.70. The van der Waals surface area contributed by atoms with Crippen LogP contribution in [0.5, 0.6) is 0 Å². The Morgan fingerprint density at radius 2 is 0.629 bits per heavy atom. The summed E-state index contributed by atoms with van der Waals surface area (Å²) in [5.74, 6) is 1.27. The zero-order valence-electron chi connectivity index (χ0n) is 33.7. The van der Waals surface area contributed by atoms with Gasteiger partial charge in [-0.1, -0.05) is 164 Å². The van der Waals surface area contributed by atoms with Crippen molar-refractivity contribution in [3.63, 3.8) is 0 Å². The Morgan fingerprint density at radius 3 is 1.18 bits per heavy atom. The van der Waals surface area contributed by atoms with E-state index in [0.717, 1.165) is 89.8 Å². The smallest absolute Gasteiger partial charge is 0.160 e. The van der Waals surface area contributed by atoms with Crippen molar-refractivity contribution < 1.29 is 0 Å². The molecule has 0 aliphatic carbocycles. The molecular weight excluding hydrogens is 757 g/mol. The van der Waals surface area contributed by atoms with Gasteiger partial charge in [0.2, 0.25) is 0 Å². The third-order valence-corrected chi connectivity index (χ3v) is 10.7. The molecule has 2 aromatic heterocycles. The number of nitrogen functional groups attached to an aromatic ring is 1. The predicted octanol–water partition coefficient (Wildman–Crippen LogP) is 13.9. The van der Waals surface area contributed by atoms with E-state index in [2.05, 4.69) is 139 Å². The number of nitrogens with zero attached hydrogens (tertiary/aromatic N) is 4. The van der Waals surface area contributed by atoms with Gasteiger partial charge in [0.05, 0.1) is 22.8 Å². The van der Waals surface area contributed by atoms with Gasteiger partial charge in [-0.2, -0.15) is 0 Å². The largest absolute Gasteiger partial charge is 0.399 e. The van der Waals surface area contributed by atoms with Gasteiger partial charge in [0.15, 0.2) is 11.6 Å². The lowest BCUT2D eigenvalue weighted by Gasteiger charge is -2.15. The van der Waals surface area contributed by atoms with Crippen LogP contribution < -0.4 is 11.1 Å². The highest BCUT2D eigenvalue weighted by Gasteiger charge is 2.16. The summed E-state index contributed by atoms with van der Waals surface area (Å²) in [5, 5.41) is 3.75. The number of rotatable bonds is 10. The van der Waals surface area contributed by atoms with Gasteiger partial charge in [0.25, 0.3) is 0 Å². The van der Waals surface area contributed by atoms with Gasteiger partial charge in [0.1, 0.15) is 0 Å². The summed E-state index contributed by atoms with van der Waals surface area (Å²) < 4.78 is 0. The molecule has 0 spiro atoms. The van der Waals surface area contributed by atoms with Crippen LogP contribution in [0.1, 0.15) is 0 Å². The summed E-state index contributed by atoms with van der Waals surface area (Å²) in [6.45, 7) is 0. The Hall–Kier alpha value is -8.48. The lowest BCUT2D eigenvalue weighted by Crippen LogP contribution is -1.98. The maximum absolute atomic E-state index is 6.52. The second kappa shape index (κ2) is 17.0. The van der Waals surface area contributed by atoms with Gasteiger partial charge in [-0.15, -0.1) is 0 Å². The van der Waals surface area contributed by atoms with Crippen LogP contribution in [-0.4, -0.2) is 19.9 Å². The van der Waals surface area contributed by atoms with Crippen LogP contribution in [0.15, 0.2) is 224 Å². The van der Waals surface area contributed by atoms with E-state index in [1.54, 1.807) is 0 Å². The van der Waals surface area contributed by atoms with Gasteiger partial charge >= 0.3 is 0 Å². The van der Waals surface area contributed by atoms with Crippen molar-refractivity contribution >= 4 is 17.1 Å². The summed E-state index contributed by atoms with van der Waals surface area (Å²) in [4.78, 5) is 20.5. The highest BCUT2D eigenvalue weighted by atomic mass is 14.9. The second-order valence-corrected chi connectivity index (χ2v) is 15.1. The molecule has 0 aliphatic heterocycles. The first-order valence-corrected chi connectivity index (χ1v) is 20.6. The van der Waals surface area contributed by atoms with Crippen LogP contribution in [0.2, 0.25) is 0 Å². The van der Waals surface area contributed by atoms with E-state index < -0.39 is 0 Å². The van der Waals surface area contributed by atoms with Crippen molar-refractivity contribution in [2.45, 2.75) is 0 Å². The Labute approximate surface area is 361 Å². The molecule has 3 N–H and O–H groups in total. The molecule has 0 fully saturated rings. The normalized spacial score (nSPS) is 11.0. The minimum atomic E-state index is 0.596. The van der Waals surface area contributed by atoms with Gasteiger partial charge < -0.3 is 11.1 Å². The molecule has 0 atom stereocenters. The molecule has 0 amide bonds. The topological polar surface area (TPSA) is 89.6 Å². The fourth-order valence-corrected chi connectivity index (χ4v) is 7.70. The molecule has 8 aromatic carbocycles. The third kappa shape index (κ3) is 8.35. The van der Waals surface area contributed by atoms with Gasteiger partial charge in [0, 0.05) is 50.4 Å². The summed E-state index contributed by atoms with van der Waals surface area (Å²) in [5.41, 5.74) is 22.3. The van der Waals surface area contributed by atoms with E-state index in [9.17, 15) is 0 Å². The summed E-state index contributed by atoms with van der Waals surface area (Å²) >= 11 is 0. The Morgan fingerprint density at radius 1 is 0.258 bits per heavy atom. The van der Waals surface area contributed by atoms with Crippen molar-refractivity contribution in [3.8, 4) is 90.1 Å². The van der Waals surface area contributed by atoms with E-state index in [4.69, 9.17) is 25.7 Å². The second-order valence-electron chi connectivity index (χ2n) is 15.1. The summed E-state index contributed by atoms with van der Waals surface area (Å²) in [7, 11) is 0. The molecule has 0 bridgehead atoms. The average molecular weight is 797 g/mol. The number of anilines is 3. The highest BCUT2D eigenvalue weighted by Crippen LogP contribution is 2.36. The summed E-state index contributed by atoms with van der Waals surface area (Å²) in [6, 6.07) is 76.4. The average Bonchev–Trinajstić information content (AvgIpc) is 3.35. The maximum atomic E-state index is 6.52. The zero-order chi connectivity index (χ0) is 41.7. The summed E-state index contributed by atoms with van der Waals surface area (Å²) in [6.07, 6.45) is 0. The predicted molar refractivity (Wildman–Crippen MR) is 255 cm³/mol. The first-order chi connectivity index (χ1) is 30.6. The van der Waals surface area contributed by atoms with Gasteiger partial charge in [-0.05, 0) is 82.9 Å². The monoisotopic (exact) mass is 796 g/mol. The van der Waals surface area contributed by atoms with E-state index in [0.29, 0.717) is 17.3 Å². The fraction of sp³-hybridized carbons (Fsp3) is 0. The Kier molecular flexibility index (Phi) is 10.4. The minimum absolute atomic E-state index is 0.596. The number of benzene rings is 8. The maximum Gasteiger partial charge on any atom is 0.160 e. The molecule has 6 nitrogen and oxygen atoms in total. The van der Waals surface area contributed by atoms with Gasteiger partial charge in [-0.3, -0.25) is 0 Å². The molecule has 0 saturated carbocycles. The van der Waals surface area contributed by atoms with E-state index in [-0.39, 0.29) is 0 Å². The van der Waals surface area contributed by atoms with Crippen LogP contribution in [0.3, 0.4) is 0 Å². The van der Waals surface area contributed by atoms with Crippen LogP contribution >= 0.6 is 0 Å². The molecule has 10 rings (SSSR count). The van der Waals surface area contributed by atoms with Crippen LogP contribution in [-0.2, 0) is 0 Å². The standard InChI is InChI=1S/C56H40N6/c57-48-31-44(38-17-6-1-7-18-38)30-47(32-48)56-60-51(40-21-10-3-11-22-40)36-53(61-56)43-27-16-28-49(33-43)58-50-34-45(39-19-8-2-9-20-39)29-46(35-50)54-37-52(41-23-12-4-13-24-41)59-55(62-54)42-25-14-5-15-26-42/h1-37,58H,57H2. The molecule has 2 heterocycles. The van der Waals surface area contributed by atoms with E-state index in [1.165, 1.54) is 0 Å². The first kappa shape index (κ1) is 37.8. The molecule has 62 heavy (non-hydrogen) atoms. The minimum Gasteiger partial charge on any atom is -0.399 e. The highest BCUT2D eigenvalue weighted by molar-refractivity contribution is 5.83. The number of nitrogens with one attached hydrogen (secondary N) is 1. The number of nitrogens with two attached hydrogens (primary N) is 1. The van der Waals surface area contributed by atoms with Crippen molar-refractivity contribution in [3.05, 3.63) is 224 Å². The lowest BCUT2D eigenvalue weighted by molar-refractivity contribution is 1.18. The van der Waals surface area contributed by atoms with E-state index in [1.807, 2.05) is 91.0 Å². The van der Waals surface area contributed by atoms with Crippen LogP contribution in [0.4, 0.5) is 17.1 Å². The molecule has 10 aromatic rings. The molecule has 0 saturated heterocycles. The van der Waals surface area contributed by atoms with Crippen molar-refractivity contribution in [2.24, 2.45) is 0 Å². The van der Waals surface area contributed by atoms with Crippen molar-refractivity contribution in [1.82, 2.24) is 19.9 Å². The number of aromatic nitrogens is 4. The quantitative estimate of drug-likeness (QED) is 0.134. The van der Waals surface area contributed by atoms with Crippen LogP contribution in [0.25, 0.3) is 90.1 Å². The Balaban J connectivity index is 1.06. The van der Waals surface area contributed by atoms with Crippen molar-refractivity contribution in [1.29, 1.82) is 0 Å². The molecule has 6 heteroatoms. The zero-order valence-corrected chi connectivity index (χ0v) is 33.7. The molecular formula is C56H40N6. The van der Waals surface area contributed by atoms with E-state index >= 15 is 0 Å². The number of hydrogen-bond donors (Lipinski definition) is 2. The first-order valence-electron chi connectivity index (χ1n) is 20.6. The number of hydrogen-bond acceptors (Lipinski definition) is 6. The molecule has 294 valence electrons. The lowest BCUT2D eigenvalue weighted by atomic mass is 9.99. The molecule has 0 radical (unpaired) electrons.